The average Bonchev–Trinajstić information content (AvgIpc) is 2.87. The smallest absolute Gasteiger partial charge is 0.159 e. The minimum absolute atomic E-state index is 0.0564. The van der Waals surface area contributed by atoms with E-state index in [1.807, 2.05) is 48.2 Å². The molecule has 0 aliphatic rings. The number of hydrogen-bond acceptors (Lipinski definition) is 3. The third kappa shape index (κ3) is 3.49. The van der Waals surface area contributed by atoms with Gasteiger partial charge in [0.1, 0.15) is 0 Å². The molecule has 0 saturated heterocycles. The average molecular weight is 353 g/mol. The molecule has 0 amide bonds. The summed E-state index contributed by atoms with van der Waals surface area (Å²) in [7, 11) is 0. The summed E-state index contributed by atoms with van der Waals surface area (Å²) in [4.78, 5) is 23.6. The van der Waals surface area contributed by atoms with Crippen LogP contribution in [-0.4, -0.2) is 27.1 Å². The fraction of sp³-hybridized carbons (Fsp3) is 0.333. The Bertz CT molecular complexity index is 898. The van der Waals surface area contributed by atoms with Crippen LogP contribution in [0.2, 0.25) is 0 Å². The van der Waals surface area contributed by atoms with E-state index in [1.54, 1.807) is 13.8 Å². The van der Waals surface area contributed by atoms with E-state index in [0.717, 1.165) is 34.1 Å². The number of Topliss-reactive ketones (excluding diaryl/α,β-unsaturated/α-hetero) is 2. The summed E-state index contributed by atoms with van der Waals surface area (Å²) in [5, 5.41) is 2.68. The Morgan fingerprint density at radius 2 is 1.40 bits per heavy atom. The number of benzene rings is 2. The first-order valence-corrected chi connectivity index (χ1v) is 9.63. The van der Waals surface area contributed by atoms with Crippen molar-refractivity contribution in [3.8, 4) is 0 Å². The molecule has 0 radical (unpaired) electrons. The first kappa shape index (κ1) is 17.7. The van der Waals surface area contributed by atoms with E-state index in [4.69, 9.17) is 0 Å². The third-order valence-electron chi connectivity index (χ3n) is 4.44. The molecule has 3 aromatic rings. The highest BCUT2D eigenvalue weighted by Crippen LogP contribution is 2.31. The van der Waals surface area contributed by atoms with Gasteiger partial charge in [-0.25, -0.2) is 0 Å². The quantitative estimate of drug-likeness (QED) is 0.561. The van der Waals surface area contributed by atoms with Crippen LogP contribution in [0.5, 0.6) is 0 Å². The lowest BCUT2D eigenvalue weighted by Gasteiger charge is -2.09. The van der Waals surface area contributed by atoms with Crippen LogP contribution >= 0.6 is 11.8 Å². The van der Waals surface area contributed by atoms with Crippen molar-refractivity contribution in [1.82, 2.24) is 4.57 Å². The summed E-state index contributed by atoms with van der Waals surface area (Å²) >= 11 is 1.93. The molecule has 0 spiro atoms. The number of ketones is 2. The van der Waals surface area contributed by atoms with Crippen LogP contribution in [0.1, 0.15) is 48.4 Å². The molecule has 0 aliphatic heterocycles. The van der Waals surface area contributed by atoms with Gasteiger partial charge < -0.3 is 4.57 Å². The van der Waals surface area contributed by atoms with Gasteiger partial charge in [-0.2, -0.15) is 11.8 Å². The Hall–Kier alpha value is -2.07. The zero-order valence-corrected chi connectivity index (χ0v) is 15.9. The number of rotatable bonds is 6. The molecule has 4 heteroatoms. The SMILES string of the molecule is CC(=O)c1ccc2c(c1)c1cc(C(C)=O)ccc1n2CCSC(C)C. The molecule has 130 valence electrons. The molecule has 0 saturated carbocycles. The number of thioether (sulfide) groups is 1. The summed E-state index contributed by atoms with van der Waals surface area (Å²) < 4.78 is 2.30. The van der Waals surface area contributed by atoms with Gasteiger partial charge in [0, 0.05) is 45.2 Å². The molecule has 0 fully saturated rings. The maximum atomic E-state index is 11.8. The highest BCUT2D eigenvalue weighted by molar-refractivity contribution is 7.99. The van der Waals surface area contributed by atoms with Crippen LogP contribution in [0.25, 0.3) is 21.8 Å². The predicted octanol–water partition coefficient (Wildman–Crippen LogP) is 5.34. The Morgan fingerprint density at radius 1 is 0.920 bits per heavy atom. The second kappa shape index (κ2) is 7.04. The Morgan fingerprint density at radius 3 is 1.80 bits per heavy atom. The van der Waals surface area contributed by atoms with Crippen molar-refractivity contribution >= 4 is 45.1 Å². The van der Waals surface area contributed by atoms with Crippen LogP contribution in [0.4, 0.5) is 0 Å². The van der Waals surface area contributed by atoms with Gasteiger partial charge in [-0.1, -0.05) is 13.8 Å². The van der Waals surface area contributed by atoms with E-state index >= 15 is 0 Å². The van der Waals surface area contributed by atoms with Crippen LogP contribution < -0.4 is 0 Å². The number of carbonyl (C=O) groups excluding carboxylic acids is 2. The molecular formula is C21H23NO2S. The van der Waals surface area contributed by atoms with Crippen molar-refractivity contribution in [3.63, 3.8) is 0 Å². The lowest BCUT2D eigenvalue weighted by molar-refractivity contribution is 0.100. The molecule has 25 heavy (non-hydrogen) atoms. The third-order valence-corrected chi connectivity index (χ3v) is 5.53. The van der Waals surface area contributed by atoms with Crippen molar-refractivity contribution in [2.75, 3.05) is 5.75 Å². The minimum Gasteiger partial charge on any atom is -0.340 e. The minimum atomic E-state index is 0.0564. The summed E-state index contributed by atoms with van der Waals surface area (Å²) in [6.45, 7) is 8.48. The van der Waals surface area contributed by atoms with Gasteiger partial charge in [-0.05, 0) is 55.5 Å². The lowest BCUT2D eigenvalue weighted by Crippen LogP contribution is -2.02. The molecule has 1 heterocycles. The van der Waals surface area contributed by atoms with Gasteiger partial charge in [0.25, 0.3) is 0 Å². The first-order chi connectivity index (χ1) is 11.9. The molecule has 3 nitrogen and oxygen atoms in total. The molecule has 0 atom stereocenters. The molecule has 0 N–H and O–H groups in total. The van der Waals surface area contributed by atoms with Crippen molar-refractivity contribution in [2.45, 2.75) is 39.5 Å². The Balaban J connectivity index is 2.21. The number of aryl methyl sites for hydroxylation is 1. The van der Waals surface area contributed by atoms with E-state index in [1.165, 1.54) is 0 Å². The van der Waals surface area contributed by atoms with Crippen molar-refractivity contribution in [1.29, 1.82) is 0 Å². The maximum absolute atomic E-state index is 11.8. The fourth-order valence-corrected chi connectivity index (χ4v) is 3.92. The van der Waals surface area contributed by atoms with Gasteiger partial charge in [-0.3, -0.25) is 9.59 Å². The lowest BCUT2D eigenvalue weighted by atomic mass is 10.0. The largest absolute Gasteiger partial charge is 0.340 e. The number of carbonyl (C=O) groups is 2. The van der Waals surface area contributed by atoms with Crippen molar-refractivity contribution in [2.24, 2.45) is 0 Å². The van der Waals surface area contributed by atoms with E-state index in [0.29, 0.717) is 16.4 Å². The maximum Gasteiger partial charge on any atom is 0.159 e. The Labute approximate surface area is 152 Å². The number of fused-ring (bicyclic) bond motifs is 3. The van der Waals surface area contributed by atoms with Crippen molar-refractivity contribution < 1.29 is 9.59 Å². The normalized spacial score (nSPS) is 11.6. The summed E-state index contributed by atoms with van der Waals surface area (Å²) in [5.74, 6) is 1.14. The van der Waals surface area contributed by atoms with E-state index in [-0.39, 0.29) is 11.6 Å². The second-order valence-corrected chi connectivity index (χ2v) is 8.33. The highest BCUT2D eigenvalue weighted by Gasteiger charge is 2.14. The molecule has 2 aromatic carbocycles. The van der Waals surface area contributed by atoms with Crippen LogP contribution in [0, 0.1) is 0 Å². The van der Waals surface area contributed by atoms with Crippen LogP contribution in [0.15, 0.2) is 36.4 Å². The van der Waals surface area contributed by atoms with Gasteiger partial charge in [0.2, 0.25) is 0 Å². The van der Waals surface area contributed by atoms with Crippen LogP contribution in [0.3, 0.4) is 0 Å². The van der Waals surface area contributed by atoms with Gasteiger partial charge in [-0.15, -0.1) is 0 Å². The fourth-order valence-electron chi connectivity index (χ4n) is 3.16. The summed E-state index contributed by atoms with van der Waals surface area (Å²) in [6, 6.07) is 11.7. The standard InChI is InChI=1S/C21H23NO2S/c1-13(2)25-10-9-22-20-7-5-16(14(3)23)11-18(20)19-12-17(15(4)24)6-8-21(19)22/h5-8,11-13H,9-10H2,1-4H3. The van der Waals surface area contributed by atoms with Crippen molar-refractivity contribution in [3.05, 3.63) is 47.5 Å². The van der Waals surface area contributed by atoms with E-state index in [9.17, 15) is 9.59 Å². The molecule has 1 aromatic heterocycles. The highest BCUT2D eigenvalue weighted by atomic mass is 32.2. The van der Waals surface area contributed by atoms with Crippen LogP contribution in [-0.2, 0) is 6.54 Å². The van der Waals surface area contributed by atoms with Gasteiger partial charge >= 0.3 is 0 Å². The monoisotopic (exact) mass is 353 g/mol. The number of aromatic nitrogens is 1. The summed E-state index contributed by atoms with van der Waals surface area (Å²) in [5.41, 5.74) is 3.64. The molecular weight excluding hydrogens is 330 g/mol. The molecule has 0 aliphatic carbocycles. The van der Waals surface area contributed by atoms with Gasteiger partial charge in [0.05, 0.1) is 0 Å². The summed E-state index contributed by atoms with van der Waals surface area (Å²) in [6.07, 6.45) is 0. The predicted molar refractivity (Wildman–Crippen MR) is 107 cm³/mol. The zero-order chi connectivity index (χ0) is 18.1. The molecule has 3 rings (SSSR count). The Kier molecular flexibility index (Phi) is 5.00. The first-order valence-electron chi connectivity index (χ1n) is 8.58. The number of hydrogen-bond donors (Lipinski definition) is 0. The molecule has 0 unspecified atom stereocenters. The molecule has 0 bridgehead atoms. The number of nitrogens with zero attached hydrogens (tertiary/aromatic N) is 1. The zero-order valence-electron chi connectivity index (χ0n) is 15.1. The van der Waals surface area contributed by atoms with E-state index < -0.39 is 0 Å². The van der Waals surface area contributed by atoms with E-state index in [2.05, 4.69) is 18.4 Å². The van der Waals surface area contributed by atoms with Gasteiger partial charge in [0.15, 0.2) is 11.6 Å². The topological polar surface area (TPSA) is 39.1 Å². The second-order valence-electron chi connectivity index (χ2n) is 6.65.